The lowest BCUT2D eigenvalue weighted by molar-refractivity contribution is 0.415. The Kier molecular flexibility index (Phi) is 5.71. The maximum Gasteiger partial charge on any atom is 0.156 e. The van der Waals surface area contributed by atoms with Gasteiger partial charge in [-0.05, 0) is 12.1 Å². The minimum atomic E-state index is 0.164. The third-order valence-electron chi connectivity index (χ3n) is 2.69. The average molecular weight is 425 g/mol. The smallest absolute Gasteiger partial charge is 0.156 e. The van der Waals surface area contributed by atoms with Crippen molar-refractivity contribution in [2.45, 2.75) is 0 Å². The zero-order valence-corrected chi connectivity index (χ0v) is 15.5. The van der Waals surface area contributed by atoms with Crippen LogP contribution in [0.3, 0.4) is 0 Å². The van der Waals surface area contributed by atoms with E-state index in [1.54, 1.807) is 0 Å². The van der Waals surface area contributed by atoms with Gasteiger partial charge < -0.3 is 4.74 Å². The van der Waals surface area contributed by atoms with E-state index in [2.05, 4.69) is 0 Å². The van der Waals surface area contributed by atoms with E-state index < -0.39 is 0 Å². The van der Waals surface area contributed by atoms with Crippen molar-refractivity contribution in [3.05, 3.63) is 47.3 Å². The lowest BCUT2D eigenvalue weighted by Gasteiger charge is -2.16. The van der Waals surface area contributed by atoms with Crippen molar-refractivity contribution < 1.29 is 4.74 Å². The van der Waals surface area contributed by atoms with Crippen LogP contribution in [-0.2, 0) is 0 Å². The lowest BCUT2D eigenvalue weighted by Crippen LogP contribution is -1.92. The van der Waals surface area contributed by atoms with E-state index in [0.717, 1.165) is 0 Å². The van der Waals surface area contributed by atoms with Crippen LogP contribution in [0.5, 0.6) is 5.75 Å². The number of methoxy groups -OCH3 is 1. The Morgan fingerprint density at radius 2 is 1.10 bits per heavy atom. The SMILES string of the molecule is COc1c(Cl)cc(Cl)c(-c2c(Cl)c(Cl)cc(Cl)c2Cl)c1Cl. The van der Waals surface area contributed by atoms with Crippen LogP contribution in [0.4, 0.5) is 0 Å². The van der Waals surface area contributed by atoms with Gasteiger partial charge in [-0.1, -0.05) is 81.2 Å². The first kappa shape index (κ1) is 17.6. The van der Waals surface area contributed by atoms with Crippen LogP contribution in [0.15, 0.2) is 12.1 Å². The van der Waals surface area contributed by atoms with Gasteiger partial charge in [0.05, 0.1) is 42.3 Å². The van der Waals surface area contributed by atoms with Gasteiger partial charge in [-0.2, -0.15) is 0 Å². The van der Waals surface area contributed by atoms with Crippen molar-refractivity contribution in [3.8, 4) is 16.9 Å². The monoisotopic (exact) mass is 422 g/mol. The number of halogens is 7. The summed E-state index contributed by atoms with van der Waals surface area (Å²) in [7, 11) is 1.43. The van der Waals surface area contributed by atoms with Crippen molar-refractivity contribution >= 4 is 81.2 Å². The summed E-state index contributed by atoms with van der Waals surface area (Å²) in [6.07, 6.45) is 0. The van der Waals surface area contributed by atoms with Crippen molar-refractivity contribution in [1.82, 2.24) is 0 Å². The summed E-state index contributed by atoms with van der Waals surface area (Å²) in [6, 6.07) is 2.91. The quantitative estimate of drug-likeness (QED) is 0.444. The summed E-state index contributed by atoms with van der Waals surface area (Å²) in [5.74, 6) is 0.251. The van der Waals surface area contributed by atoms with Gasteiger partial charge in [-0.15, -0.1) is 0 Å². The topological polar surface area (TPSA) is 9.23 Å². The molecule has 0 fully saturated rings. The first-order chi connectivity index (χ1) is 9.79. The Morgan fingerprint density at radius 1 is 0.619 bits per heavy atom. The van der Waals surface area contributed by atoms with Crippen molar-refractivity contribution in [2.75, 3.05) is 7.11 Å². The number of ether oxygens (including phenoxy) is 1. The summed E-state index contributed by atoms with van der Waals surface area (Å²) < 4.78 is 5.16. The molecule has 0 radical (unpaired) electrons. The van der Waals surface area contributed by atoms with E-state index in [4.69, 9.17) is 85.9 Å². The Labute approximate surface area is 156 Å². The van der Waals surface area contributed by atoms with Crippen molar-refractivity contribution in [1.29, 1.82) is 0 Å². The molecule has 0 spiro atoms. The highest BCUT2D eigenvalue weighted by atomic mass is 35.5. The largest absolute Gasteiger partial charge is 0.494 e. The summed E-state index contributed by atoms with van der Waals surface area (Å²) >= 11 is 43.0. The molecular weight excluding hydrogens is 420 g/mol. The highest BCUT2D eigenvalue weighted by Crippen LogP contribution is 2.51. The second-order valence-electron chi connectivity index (χ2n) is 3.91. The van der Waals surface area contributed by atoms with Crippen LogP contribution in [0, 0.1) is 0 Å². The molecule has 0 unspecified atom stereocenters. The fourth-order valence-corrected chi connectivity index (χ4v) is 3.89. The molecule has 0 atom stereocenters. The number of hydrogen-bond donors (Lipinski definition) is 0. The highest BCUT2D eigenvalue weighted by molar-refractivity contribution is 6.52. The van der Waals surface area contributed by atoms with Crippen LogP contribution >= 0.6 is 81.2 Å². The van der Waals surface area contributed by atoms with Crippen molar-refractivity contribution in [3.63, 3.8) is 0 Å². The van der Waals surface area contributed by atoms with E-state index in [9.17, 15) is 0 Å². The molecule has 8 heteroatoms. The Morgan fingerprint density at radius 3 is 1.57 bits per heavy atom. The molecule has 112 valence electrons. The van der Waals surface area contributed by atoms with E-state index >= 15 is 0 Å². The third-order valence-corrected chi connectivity index (χ3v) is 5.21. The number of benzene rings is 2. The molecule has 0 aliphatic heterocycles. The molecule has 2 aromatic carbocycles. The Balaban J connectivity index is 2.92. The molecule has 0 bridgehead atoms. The summed E-state index contributed by atoms with van der Waals surface area (Å²) in [6.45, 7) is 0. The van der Waals surface area contributed by atoms with Crippen LogP contribution in [0.2, 0.25) is 35.2 Å². The molecule has 0 aliphatic carbocycles. The molecule has 0 aliphatic rings. The van der Waals surface area contributed by atoms with Gasteiger partial charge in [-0.3, -0.25) is 0 Å². The molecule has 2 rings (SSSR count). The van der Waals surface area contributed by atoms with Crippen LogP contribution < -0.4 is 4.74 Å². The van der Waals surface area contributed by atoms with Gasteiger partial charge in [-0.25, -0.2) is 0 Å². The molecular formula is C13H5Cl7O. The molecule has 1 nitrogen and oxygen atoms in total. The average Bonchev–Trinajstić information content (AvgIpc) is 2.40. The number of hydrogen-bond acceptors (Lipinski definition) is 1. The summed E-state index contributed by atoms with van der Waals surface area (Å²) in [5, 5.41) is 1.48. The lowest BCUT2D eigenvalue weighted by atomic mass is 10.0. The normalized spacial score (nSPS) is 10.9. The van der Waals surface area contributed by atoms with Crippen LogP contribution in [0.1, 0.15) is 0 Å². The van der Waals surface area contributed by atoms with Gasteiger partial charge >= 0.3 is 0 Å². The second kappa shape index (κ2) is 6.80. The molecule has 2 aromatic rings. The van der Waals surface area contributed by atoms with E-state index in [1.807, 2.05) is 0 Å². The molecule has 0 saturated heterocycles. The van der Waals surface area contributed by atoms with Gasteiger partial charge in [0.2, 0.25) is 0 Å². The summed E-state index contributed by atoms with van der Waals surface area (Å²) in [5.41, 5.74) is 0.666. The third kappa shape index (κ3) is 3.16. The van der Waals surface area contributed by atoms with Crippen LogP contribution in [-0.4, -0.2) is 7.11 Å². The molecule has 0 amide bonds. The first-order valence-electron chi connectivity index (χ1n) is 5.34. The first-order valence-corrected chi connectivity index (χ1v) is 7.99. The van der Waals surface area contributed by atoms with E-state index in [-0.39, 0.29) is 40.9 Å². The second-order valence-corrected chi connectivity index (χ2v) is 6.67. The molecule has 21 heavy (non-hydrogen) atoms. The Bertz CT molecular complexity index is 701. The zero-order valence-electron chi connectivity index (χ0n) is 10.2. The minimum absolute atomic E-state index is 0.164. The van der Waals surface area contributed by atoms with E-state index in [0.29, 0.717) is 11.1 Å². The standard InChI is InChI=1S/C13H5Cl7O/c1-21-13-7(17)2-4(14)8(12(13)20)9-10(18)5(15)3-6(16)11(9)19/h2-3H,1H3. The fraction of sp³-hybridized carbons (Fsp3) is 0.0769. The Hall–Kier alpha value is 0.270. The van der Waals surface area contributed by atoms with Gasteiger partial charge in [0, 0.05) is 11.1 Å². The predicted molar refractivity (Wildman–Crippen MR) is 93.5 cm³/mol. The zero-order chi connectivity index (χ0) is 15.9. The maximum atomic E-state index is 6.31. The predicted octanol–water partition coefficient (Wildman–Crippen LogP) is 7.94. The maximum absolute atomic E-state index is 6.31. The van der Waals surface area contributed by atoms with E-state index in [1.165, 1.54) is 19.2 Å². The molecule has 0 saturated carbocycles. The molecule has 0 heterocycles. The minimum Gasteiger partial charge on any atom is -0.494 e. The van der Waals surface area contributed by atoms with Crippen LogP contribution in [0.25, 0.3) is 11.1 Å². The molecule has 0 N–H and O–H groups in total. The molecule has 0 aromatic heterocycles. The number of rotatable bonds is 2. The van der Waals surface area contributed by atoms with Gasteiger partial charge in [0.25, 0.3) is 0 Å². The highest BCUT2D eigenvalue weighted by Gasteiger charge is 2.24. The van der Waals surface area contributed by atoms with Crippen molar-refractivity contribution in [2.24, 2.45) is 0 Å². The van der Waals surface area contributed by atoms with Gasteiger partial charge in [0.15, 0.2) is 5.75 Å². The summed E-state index contributed by atoms with van der Waals surface area (Å²) in [4.78, 5) is 0. The van der Waals surface area contributed by atoms with Gasteiger partial charge in [0.1, 0.15) is 0 Å². The fourth-order valence-electron chi connectivity index (χ4n) is 1.78.